The fourth-order valence-electron chi connectivity index (χ4n) is 2.97. The van der Waals surface area contributed by atoms with Crippen LogP contribution in [0.15, 0.2) is 68.4 Å². The number of thioether (sulfide) groups is 1. The number of nitrogens with zero attached hydrogens (tertiary/aromatic N) is 1. The second-order valence-corrected chi connectivity index (χ2v) is 11.6. The van der Waals surface area contributed by atoms with E-state index in [9.17, 15) is 18.0 Å². The molecule has 1 amide bonds. The van der Waals surface area contributed by atoms with Crippen molar-refractivity contribution in [3.05, 3.63) is 69.6 Å². The van der Waals surface area contributed by atoms with Crippen molar-refractivity contribution >= 4 is 44.8 Å². The highest BCUT2D eigenvalue weighted by Crippen LogP contribution is 2.28. The van der Waals surface area contributed by atoms with Gasteiger partial charge in [0.25, 0.3) is 5.56 Å². The summed E-state index contributed by atoms with van der Waals surface area (Å²) < 4.78 is 30.9. The van der Waals surface area contributed by atoms with E-state index in [1.807, 2.05) is 20.8 Å². The fraction of sp³-hybridized carbons (Fsp3) is 0.261. The summed E-state index contributed by atoms with van der Waals surface area (Å²) in [5.74, 6) is 0.0629. The summed E-state index contributed by atoms with van der Waals surface area (Å²) in [5.41, 5.74) is 0.517. The molecule has 0 fully saturated rings. The van der Waals surface area contributed by atoms with Gasteiger partial charge in [-0.05, 0) is 41.3 Å². The molecule has 3 rings (SSSR count). The SMILES string of the molecule is COc1ccc(NC(=O)CSc2ncc(S(=O)(=O)c3ccc(C(C)(C)C)cc3)c(=O)[nH]2)cc1Cl. The van der Waals surface area contributed by atoms with Crippen molar-refractivity contribution in [3.63, 3.8) is 0 Å². The molecule has 2 N–H and O–H groups in total. The van der Waals surface area contributed by atoms with E-state index < -0.39 is 20.3 Å². The van der Waals surface area contributed by atoms with Gasteiger partial charge in [0.05, 0.1) is 29.0 Å². The van der Waals surface area contributed by atoms with Crippen LogP contribution in [0.2, 0.25) is 5.02 Å². The number of H-pyrrole nitrogens is 1. The summed E-state index contributed by atoms with van der Waals surface area (Å²) in [4.78, 5) is 30.7. The highest BCUT2D eigenvalue weighted by atomic mass is 35.5. The summed E-state index contributed by atoms with van der Waals surface area (Å²) in [5, 5.41) is 3.15. The quantitative estimate of drug-likeness (QED) is 0.351. The first kappa shape index (κ1) is 25.8. The Balaban J connectivity index is 1.69. The monoisotopic (exact) mass is 521 g/mol. The molecule has 0 aliphatic carbocycles. The van der Waals surface area contributed by atoms with E-state index >= 15 is 0 Å². The van der Waals surface area contributed by atoms with Crippen LogP contribution in [0.3, 0.4) is 0 Å². The first-order chi connectivity index (χ1) is 15.9. The summed E-state index contributed by atoms with van der Waals surface area (Å²) in [6.07, 6.45) is 1.01. The molecule has 2 aromatic carbocycles. The van der Waals surface area contributed by atoms with Gasteiger partial charge in [0.2, 0.25) is 15.7 Å². The van der Waals surface area contributed by atoms with E-state index in [1.165, 1.54) is 19.2 Å². The third-order valence-electron chi connectivity index (χ3n) is 4.84. The van der Waals surface area contributed by atoms with Crippen LogP contribution in [0.1, 0.15) is 26.3 Å². The van der Waals surface area contributed by atoms with Gasteiger partial charge >= 0.3 is 0 Å². The standard InChI is InChI=1S/C23H24ClN3O5S2/c1-23(2,3)14-5-8-16(9-6-14)34(30,31)19-12-25-22(27-21(19)29)33-13-20(28)26-15-7-10-18(32-4)17(24)11-15/h5-12H,13H2,1-4H3,(H,26,28)(H,25,27,29). The summed E-state index contributed by atoms with van der Waals surface area (Å²) in [6, 6.07) is 11.2. The molecule has 180 valence electrons. The molecule has 0 spiro atoms. The highest BCUT2D eigenvalue weighted by molar-refractivity contribution is 7.99. The van der Waals surface area contributed by atoms with Gasteiger partial charge in [-0.25, -0.2) is 13.4 Å². The molecular formula is C23H24ClN3O5S2. The molecule has 0 aliphatic rings. The number of hydrogen-bond donors (Lipinski definition) is 2. The van der Waals surface area contributed by atoms with E-state index in [0.29, 0.717) is 16.5 Å². The van der Waals surface area contributed by atoms with Crippen molar-refractivity contribution in [2.45, 2.75) is 41.1 Å². The third kappa shape index (κ3) is 5.99. The Morgan fingerprint density at radius 3 is 2.41 bits per heavy atom. The van der Waals surface area contributed by atoms with Crippen molar-refractivity contribution in [2.24, 2.45) is 0 Å². The lowest BCUT2D eigenvalue weighted by Gasteiger charge is -2.19. The molecule has 1 aromatic heterocycles. The Labute approximate surface area is 207 Å². The van der Waals surface area contributed by atoms with Gasteiger partial charge < -0.3 is 15.0 Å². The highest BCUT2D eigenvalue weighted by Gasteiger charge is 2.23. The van der Waals surface area contributed by atoms with Crippen molar-refractivity contribution in [1.82, 2.24) is 9.97 Å². The lowest BCUT2D eigenvalue weighted by Crippen LogP contribution is -2.20. The normalized spacial score (nSPS) is 11.8. The Morgan fingerprint density at radius 2 is 1.85 bits per heavy atom. The molecule has 0 saturated heterocycles. The van der Waals surface area contributed by atoms with Crippen LogP contribution < -0.4 is 15.6 Å². The minimum atomic E-state index is -4.05. The average molecular weight is 522 g/mol. The maximum Gasteiger partial charge on any atom is 0.270 e. The predicted molar refractivity (Wildman–Crippen MR) is 133 cm³/mol. The molecule has 0 unspecified atom stereocenters. The minimum Gasteiger partial charge on any atom is -0.495 e. The van der Waals surface area contributed by atoms with Gasteiger partial charge in [-0.2, -0.15) is 0 Å². The smallest absolute Gasteiger partial charge is 0.270 e. The topological polar surface area (TPSA) is 118 Å². The number of amides is 1. The average Bonchev–Trinajstić information content (AvgIpc) is 2.77. The number of hydrogen-bond acceptors (Lipinski definition) is 7. The van der Waals surface area contributed by atoms with Crippen LogP contribution >= 0.6 is 23.4 Å². The molecule has 0 radical (unpaired) electrons. The number of methoxy groups -OCH3 is 1. The molecule has 0 saturated carbocycles. The molecular weight excluding hydrogens is 498 g/mol. The minimum absolute atomic E-state index is 0.00531. The first-order valence-corrected chi connectivity index (χ1v) is 13.0. The number of rotatable bonds is 7. The summed E-state index contributed by atoms with van der Waals surface area (Å²) in [6.45, 7) is 6.07. The molecule has 34 heavy (non-hydrogen) atoms. The number of aromatic nitrogens is 2. The van der Waals surface area contributed by atoms with Crippen molar-refractivity contribution in [3.8, 4) is 5.75 Å². The number of halogens is 1. The third-order valence-corrected chi connectivity index (χ3v) is 7.78. The van der Waals surface area contributed by atoms with Crippen LogP contribution in [0, 0.1) is 0 Å². The number of carbonyl (C=O) groups is 1. The van der Waals surface area contributed by atoms with Crippen molar-refractivity contribution < 1.29 is 17.9 Å². The number of ether oxygens (including phenoxy) is 1. The number of benzene rings is 2. The van der Waals surface area contributed by atoms with E-state index in [0.717, 1.165) is 23.5 Å². The van der Waals surface area contributed by atoms with E-state index in [1.54, 1.807) is 30.3 Å². The Hall–Kier alpha value is -2.82. The second kappa shape index (κ2) is 10.2. The predicted octanol–water partition coefficient (Wildman–Crippen LogP) is 4.29. The first-order valence-electron chi connectivity index (χ1n) is 10.1. The largest absolute Gasteiger partial charge is 0.495 e. The molecule has 1 heterocycles. The summed E-state index contributed by atoms with van der Waals surface area (Å²) >= 11 is 7.01. The van der Waals surface area contributed by atoms with E-state index in [-0.39, 0.29) is 27.1 Å². The number of anilines is 1. The van der Waals surface area contributed by atoms with Gasteiger partial charge in [-0.15, -0.1) is 0 Å². The number of carbonyl (C=O) groups excluding carboxylic acids is 1. The zero-order chi connectivity index (χ0) is 25.1. The number of nitrogens with one attached hydrogen (secondary N) is 2. The van der Waals surface area contributed by atoms with E-state index in [2.05, 4.69) is 15.3 Å². The van der Waals surface area contributed by atoms with Gasteiger partial charge in [-0.3, -0.25) is 9.59 Å². The van der Waals surface area contributed by atoms with Gasteiger partial charge in [-0.1, -0.05) is 56.3 Å². The van der Waals surface area contributed by atoms with Gasteiger partial charge in [0.1, 0.15) is 5.75 Å². The fourth-order valence-corrected chi connectivity index (χ4v) is 5.09. The van der Waals surface area contributed by atoms with Crippen molar-refractivity contribution in [1.29, 1.82) is 0 Å². The second-order valence-electron chi connectivity index (χ2n) is 8.35. The molecule has 0 atom stereocenters. The molecule has 8 nitrogen and oxygen atoms in total. The maximum atomic E-state index is 12.9. The van der Waals surface area contributed by atoms with Crippen LogP contribution in [0.25, 0.3) is 0 Å². The molecule has 3 aromatic rings. The zero-order valence-corrected chi connectivity index (χ0v) is 21.4. The number of aromatic amines is 1. The Morgan fingerprint density at radius 1 is 1.18 bits per heavy atom. The van der Waals surface area contributed by atoms with Crippen molar-refractivity contribution in [2.75, 3.05) is 18.2 Å². The molecule has 0 aliphatic heterocycles. The summed E-state index contributed by atoms with van der Waals surface area (Å²) in [7, 11) is -2.56. The zero-order valence-electron chi connectivity index (χ0n) is 19.0. The lowest BCUT2D eigenvalue weighted by molar-refractivity contribution is -0.113. The maximum absolute atomic E-state index is 12.9. The van der Waals surface area contributed by atoms with Gasteiger partial charge in [0, 0.05) is 5.69 Å². The molecule has 0 bridgehead atoms. The lowest BCUT2D eigenvalue weighted by atomic mass is 9.87. The van der Waals surface area contributed by atoms with Crippen LogP contribution in [-0.2, 0) is 20.0 Å². The number of sulfone groups is 1. The van der Waals surface area contributed by atoms with Crippen LogP contribution in [0.4, 0.5) is 5.69 Å². The Bertz CT molecular complexity index is 1360. The van der Waals surface area contributed by atoms with E-state index in [4.69, 9.17) is 16.3 Å². The van der Waals surface area contributed by atoms with Gasteiger partial charge in [0.15, 0.2) is 10.1 Å². The Kier molecular flexibility index (Phi) is 7.74. The van der Waals surface area contributed by atoms with Crippen LogP contribution in [-0.4, -0.2) is 37.2 Å². The van der Waals surface area contributed by atoms with Crippen LogP contribution in [0.5, 0.6) is 5.75 Å². The molecule has 11 heteroatoms.